The zero-order chi connectivity index (χ0) is 13.4. The van der Waals surface area contributed by atoms with Crippen molar-refractivity contribution in [3.63, 3.8) is 0 Å². The molecule has 1 rings (SSSR count). The van der Waals surface area contributed by atoms with Gasteiger partial charge in [0, 0.05) is 58.5 Å². The van der Waals surface area contributed by atoms with Gasteiger partial charge in [0.1, 0.15) is 0 Å². The van der Waals surface area contributed by atoms with Crippen LogP contribution in [0.4, 0.5) is 0 Å². The molecule has 1 aliphatic rings. The largest absolute Gasteiger partial charge is 0.396 e. The molecule has 0 bridgehead atoms. The van der Waals surface area contributed by atoms with Gasteiger partial charge in [-0.3, -0.25) is 9.80 Å². The van der Waals surface area contributed by atoms with E-state index in [4.69, 9.17) is 5.11 Å². The van der Waals surface area contributed by atoms with Gasteiger partial charge in [0.05, 0.1) is 0 Å². The van der Waals surface area contributed by atoms with Gasteiger partial charge < -0.3 is 15.3 Å². The maximum Gasteiger partial charge on any atom is 0.0446 e. The molecule has 1 unspecified atom stereocenters. The first-order valence-electron chi connectivity index (χ1n) is 7.03. The van der Waals surface area contributed by atoms with Crippen molar-refractivity contribution >= 4 is 0 Å². The van der Waals surface area contributed by atoms with Crippen LogP contribution in [0.25, 0.3) is 0 Å². The molecule has 0 spiro atoms. The zero-order valence-corrected chi connectivity index (χ0v) is 12.2. The van der Waals surface area contributed by atoms with Gasteiger partial charge in [0.2, 0.25) is 0 Å². The van der Waals surface area contributed by atoms with Crippen LogP contribution in [-0.2, 0) is 0 Å². The van der Waals surface area contributed by atoms with Crippen LogP contribution in [0.2, 0.25) is 0 Å². The Kier molecular flexibility index (Phi) is 7.77. The molecule has 1 saturated heterocycles. The van der Waals surface area contributed by atoms with E-state index >= 15 is 0 Å². The average molecular weight is 258 g/mol. The average Bonchev–Trinajstić information content (AvgIpc) is 2.37. The molecule has 0 aromatic rings. The summed E-state index contributed by atoms with van der Waals surface area (Å²) in [5, 5.41) is 12.3. The number of nitrogens with zero attached hydrogens (tertiary/aromatic N) is 3. The van der Waals surface area contributed by atoms with Gasteiger partial charge >= 0.3 is 0 Å². The highest BCUT2D eigenvalue weighted by atomic mass is 16.3. The molecule has 5 heteroatoms. The predicted octanol–water partition coefficient (Wildman–Crippen LogP) is -0.864. The third-order valence-corrected chi connectivity index (χ3v) is 3.69. The molecule has 1 aliphatic heterocycles. The molecule has 0 radical (unpaired) electrons. The fourth-order valence-electron chi connectivity index (χ4n) is 2.33. The van der Waals surface area contributed by atoms with Crippen molar-refractivity contribution in [2.45, 2.75) is 12.5 Å². The van der Waals surface area contributed by atoms with Crippen LogP contribution in [0, 0.1) is 0 Å². The minimum absolute atomic E-state index is 0.272. The number of hydrogen-bond acceptors (Lipinski definition) is 5. The summed E-state index contributed by atoms with van der Waals surface area (Å²) in [6.07, 6.45) is 0.845. The summed E-state index contributed by atoms with van der Waals surface area (Å²) in [4.78, 5) is 7.28. The van der Waals surface area contributed by atoms with Gasteiger partial charge in [0.15, 0.2) is 0 Å². The predicted molar refractivity (Wildman–Crippen MR) is 76.0 cm³/mol. The first-order valence-corrected chi connectivity index (χ1v) is 7.03. The minimum Gasteiger partial charge on any atom is -0.396 e. The zero-order valence-electron chi connectivity index (χ0n) is 12.2. The number of likely N-dealkylation sites (N-methyl/N-ethyl adjacent to an activating group) is 2. The summed E-state index contributed by atoms with van der Waals surface area (Å²) < 4.78 is 0. The Hall–Kier alpha value is -0.200. The number of nitrogens with one attached hydrogen (secondary N) is 1. The number of hydrogen-bond donors (Lipinski definition) is 2. The van der Waals surface area contributed by atoms with Crippen LogP contribution in [0.15, 0.2) is 0 Å². The molecule has 1 atom stereocenters. The van der Waals surface area contributed by atoms with Gasteiger partial charge in [-0.25, -0.2) is 0 Å². The van der Waals surface area contributed by atoms with E-state index in [2.05, 4.69) is 34.1 Å². The maximum absolute atomic E-state index is 8.99. The molecular weight excluding hydrogens is 228 g/mol. The first kappa shape index (κ1) is 15.9. The van der Waals surface area contributed by atoms with E-state index < -0.39 is 0 Å². The Morgan fingerprint density at radius 1 is 1.17 bits per heavy atom. The summed E-state index contributed by atoms with van der Waals surface area (Å²) in [6, 6.07) is 0.420. The molecule has 108 valence electrons. The monoisotopic (exact) mass is 258 g/mol. The van der Waals surface area contributed by atoms with Gasteiger partial charge in [-0.15, -0.1) is 0 Å². The second-order valence-electron chi connectivity index (χ2n) is 5.44. The van der Waals surface area contributed by atoms with Crippen molar-refractivity contribution in [2.75, 3.05) is 73.6 Å². The lowest BCUT2D eigenvalue weighted by molar-refractivity contribution is 0.113. The van der Waals surface area contributed by atoms with Crippen molar-refractivity contribution in [1.29, 1.82) is 0 Å². The third-order valence-electron chi connectivity index (χ3n) is 3.69. The molecule has 18 heavy (non-hydrogen) atoms. The second-order valence-corrected chi connectivity index (χ2v) is 5.44. The SMILES string of the molecule is CNC(CCO)CN1CCN(CCN(C)C)CC1. The van der Waals surface area contributed by atoms with Crippen LogP contribution in [0.1, 0.15) is 6.42 Å². The lowest BCUT2D eigenvalue weighted by Crippen LogP contribution is -2.51. The summed E-state index contributed by atoms with van der Waals surface area (Å²) in [5.74, 6) is 0. The Balaban J connectivity index is 2.18. The van der Waals surface area contributed by atoms with Crippen molar-refractivity contribution in [3.05, 3.63) is 0 Å². The number of rotatable bonds is 8. The lowest BCUT2D eigenvalue weighted by Gasteiger charge is -2.36. The van der Waals surface area contributed by atoms with Crippen LogP contribution in [0.5, 0.6) is 0 Å². The second kappa shape index (κ2) is 8.82. The van der Waals surface area contributed by atoms with Gasteiger partial charge in [-0.2, -0.15) is 0 Å². The quantitative estimate of drug-likeness (QED) is 0.593. The molecule has 1 fully saturated rings. The molecular formula is C13H30N4O. The van der Waals surface area contributed by atoms with Crippen molar-refractivity contribution in [2.24, 2.45) is 0 Å². The number of aliphatic hydroxyl groups is 1. The molecule has 0 aromatic carbocycles. The Morgan fingerprint density at radius 2 is 1.78 bits per heavy atom. The van der Waals surface area contributed by atoms with Crippen LogP contribution in [-0.4, -0.2) is 99.4 Å². The van der Waals surface area contributed by atoms with Gasteiger partial charge in [0.25, 0.3) is 0 Å². The summed E-state index contributed by atoms with van der Waals surface area (Å²) >= 11 is 0. The summed E-state index contributed by atoms with van der Waals surface area (Å²) in [5.41, 5.74) is 0. The molecule has 0 aromatic heterocycles. The highest BCUT2D eigenvalue weighted by Gasteiger charge is 2.18. The Bertz CT molecular complexity index is 205. The normalized spacial score (nSPS) is 20.5. The van der Waals surface area contributed by atoms with E-state index in [0.717, 1.165) is 32.6 Å². The highest BCUT2D eigenvalue weighted by molar-refractivity contribution is 4.77. The van der Waals surface area contributed by atoms with Crippen LogP contribution in [0.3, 0.4) is 0 Å². The summed E-state index contributed by atoms with van der Waals surface area (Å²) in [6.45, 7) is 8.28. The Morgan fingerprint density at radius 3 is 2.28 bits per heavy atom. The van der Waals surface area contributed by atoms with E-state index in [9.17, 15) is 0 Å². The van der Waals surface area contributed by atoms with Crippen LogP contribution < -0.4 is 5.32 Å². The standard InChI is InChI=1S/C13H30N4O/c1-14-13(4-11-18)12-17-9-7-16(8-10-17)6-5-15(2)3/h13-14,18H,4-12H2,1-3H3. The van der Waals surface area contributed by atoms with E-state index in [-0.39, 0.29) is 6.61 Å². The fourth-order valence-corrected chi connectivity index (χ4v) is 2.33. The molecule has 1 heterocycles. The smallest absolute Gasteiger partial charge is 0.0446 e. The van der Waals surface area contributed by atoms with Crippen molar-refractivity contribution in [3.8, 4) is 0 Å². The van der Waals surface area contributed by atoms with E-state index in [0.29, 0.717) is 6.04 Å². The molecule has 2 N–H and O–H groups in total. The van der Waals surface area contributed by atoms with Gasteiger partial charge in [-0.05, 0) is 27.6 Å². The number of piperazine rings is 1. The molecule has 5 nitrogen and oxygen atoms in total. The minimum atomic E-state index is 0.272. The van der Waals surface area contributed by atoms with Crippen LogP contribution >= 0.6 is 0 Å². The van der Waals surface area contributed by atoms with E-state index in [1.807, 2.05) is 7.05 Å². The highest BCUT2D eigenvalue weighted by Crippen LogP contribution is 2.04. The Labute approximate surface area is 112 Å². The number of aliphatic hydroxyl groups excluding tert-OH is 1. The van der Waals surface area contributed by atoms with Crippen molar-refractivity contribution < 1.29 is 5.11 Å². The first-order chi connectivity index (χ1) is 8.65. The lowest BCUT2D eigenvalue weighted by atomic mass is 10.2. The third kappa shape index (κ3) is 6.11. The molecule has 0 saturated carbocycles. The summed E-state index contributed by atoms with van der Waals surface area (Å²) in [7, 11) is 6.24. The molecule has 0 aliphatic carbocycles. The van der Waals surface area contributed by atoms with Crippen molar-refractivity contribution in [1.82, 2.24) is 20.0 Å². The maximum atomic E-state index is 8.99. The van der Waals surface area contributed by atoms with Gasteiger partial charge in [-0.1, -0.05) is 0 Å². The van der Waals surface area contributed by atoms with E-state index in [1.54, 1.807) is 0 Å². The molecule has 0 amide bonds. The topological polar surface area (TPSA) is 42.0 Å². The van der Waals surface area contributed by atoms with E-state index in [1.165, 1.54) is 19.6 Å². The fraction of sp³-hybridized carbons (Fsp3) is 1.00.